The van der Waals surface area contributed by atoms with Gasteiger partial charge in [0.15, 0.2) is 6.54 Å². The summed E-state index contributed by atoms with van der Waals surface area (Å²) >= 11 is 0. The van der Waals surface area contributed by atoms with Crippen LogP contribution in [0.15, 0.2) is 77.9 Å². The molecule has 1 aliphatic heterocycles. The average Bonchev–Trinajstić information content (AvgIpc) is 2.94. The first kappa shape index (κ1) is 30.6. The first-order valence-electron chi connectivity index (χ1n) is 13.2. The standard InChI is InChI=1S/C30H30N2O5.C2H4O2/c1-5-31(6-2)21-12-14-25-27(18-21)37-28-19-22(32(7-3)16-17-36-20(4)33)13-15-26(28)29(25)23-10-8-9-11-24(23)30(34)35;1-2(3)4/h5,8-15,18-19H,1,6-7,16-17H2,2-4H3;1H3,(H,3,4)/p+1. The number of fused-ring (bicyclic) bond motifs is 2. The number of aliphatic carboxylic acids is 1. The topological polar surface area (TPSA) is 120 Å². The van der Waals surface area contributed by atoms with Crippen LogP contribution in [0.5, 0.6) is 0 Å². The SMILES string of the molecule is C=CN(CC)c1ccc2c(-c3ccccc3C(=O)O)c3ccc(=[N+](CC)CCOC(C)=O)cc-3oc2c1.CC(=O)O. The molecule has 2 N–H and O–H groups in total. The molecule has 9 nitrogen and oxygen atoms in total. The van der Waals surface area contributed by atoms with Gasteiger partial charge in [-0.2, -0.15) is 0 Å². The van der Waals surface area contributed by atoms with Crippen LogP contribution >= 0.6 is 0 Å². The minimum Gasteiger partial charge on any atom is -0.481 e. The number of benzene rings is 3. The Morgan fingerprint density at radius 3 is 2.32 bits per heavy atom. The maximum Gasteiger partial charge on any atom is 0.336 e. The fourth-order valence-electron chi connectivity index (χ4n) is 4.61. The number of carbonyl (C=O) groups excluding carboxylic acids is 1. The molecule has 0 bridgehead atoms. The zero-order valence-corrected chi connectivity index (χ0v) is 23.7. The van der Waals surface area contributed by atoms with Crippen molar-refractivity contribution in [2.75, 3.05) is 31.1 Å². The molecule has 0 radical (unpaired) electrons. The number of carboxylic acid groups (broad SMARTS) is 2. The van der Waals surface area contributed by atoms with Crippen molar-refractivity contribution >= 4 is 34.6 Å². The van der Waals surface area contributed by atoms with Crippen molar-refractivity contribution in [2.24, 2.45) is 0 Å². The Balaban J connectivity index is 0.00000108. The molecule has 4 rings (SSSR count). The first-order chi connectivity index (χ1) is 19.6. The Morgan fingerprint density at radius 1 is 1.00 bits per heavy atom. The summed E-state index contributed by atoms with van der Waals surface area (Å²) in [5.41, 5.74) is 4.03. The Kier molecular flexibility index (Phi) is 10.4. The van der Waals surface area contributed by atoms with Crippen molar-refractivity contribution in [1.29, 1.82) is 0 Å². The molecule has 9 heteroatoms. The van der Waals surface area contributed by atoms with Crippen LogP contribution in [-0.4, -0.2) is 54.4 Å². The number of hydrogen-bond acceptors (Lipinski definition) is 6. The highest BCUT2D eigenvalue weighted by Crippen LogP contribution is 2.42. The second kappa shape index (κ2) is 13.9. The third kappa shape index (κ3) is 7.39. The molecule has 0 saturated heterocycles. The summed E-state index contributed by atoms with van der Waals surface area (Å²) in [5.74, 6) is -1.50. The van der Waals surface area contributed by atoms with Gasteiger partial charge in [-0.05, 0) is 49.9 Å². The molecule has 0 saturated carbocycles. The minimum atomic E-state index is -0.989. The lowest BCUT2D eigenvalue weighted by molar-refractivity contribution is -0.141. The van der Waals surface area contributed by atoms with Crippen LogP contribution in [0.1, 0.15) is 38.1 Å². The lowest BCUT2D eigenvalue weighted by atomic mass is 9.90. The van der Waals surface area contributed by atoms with Crippen LogP contribution in [0, 0.1) is 0 Å². The normalized spacial score (nSPS) is 11.3. The molecule has 1 aliphatic carbocycles. The highest BCUT2D eigenvalue weighted by atomic mass is 16.5. The third-order valence-electron chi connectivity index (χ3n) is 6.42. The van der Waals surface area contributed by atoms with E-state index in [9.17, 15) is 14.7 Å². The molecule has 0 spiro atoms. The number of aromatic carboxylic acids is 1. The van der Waals surface area contributed by atoms with Crippen LogP contribution in [0.3, 0.4) is 0 Å². The molecule has 41 heavy (non-hydrogen) atoms. The maximum atomic E-state index is 12.1. The van der Waals surface area contributed by atoms with Crippen molar-refractivity contribution in [2.45, 2.75) is 27.7 Å². The predicted molar refractivity (Wildman–Crippen MR) is 159 cm³/mol. The summed E-state index contributed by atoms with van der Waals surface area (Å²) in [7, 11) is 0. The number of anilines is 1. The number of carboxylic acids is 2. The van der Waals surface area contributed by atoms with E-state index in [2.05, 4.69) is 11.2 Å². The number of ether oxygens (including phenoxy) is 1. The van der Waals surface area contributed by atoms with Crippen molar-refractivity contribution in [1.82, 2.24) is 4.58 Å². The summed E-state index contributed by atoms with van der Waals surface area (Å²) in [4.78, 5) is 34.4. The zero-order chi connectivity index (χ0) is 30.1. The lowest BCUT2D eigenvalue weighted by Gasteiger charge is -2.20. The van der Waals surface area contributed by atoms with E-state index < -0.39 is 11.9 Å². The molecule has 0 amide bonds. The van der Waals surface area contributed by atoms with Gasteiger partial charge >= 0.3 is 11.9 Å². The van der Waals surface area contributed by atoms with Gasteiger partial charge in [-0.25, -0.2) is 9.37 Å². The van der Waals surface area contributed by atoms with E-state index in [0.717, 1.165) is 41.0 Å². The molecule has 2 aromatic rings. The Labute approximate surface area is 238 Å². The number of hydrogen-bond donors (Lipinski definition) is 2. The molecule has 1 heterocycles. The lowest BCUT2D eigenvalue weighted by Crippen LogP contribution is -2.33. The van der Waals surface area contributed by atoms with E-state index in [1.807, 2.05) is 67.3 Å². The van der Waals surface area contributed by atoms with Crippen molar-refractivity contribution in [3.05, 3.63) is 84.4 Å². The number of esters is 1. The van der Waals surface area contributed by atoms with Gasteiger partial charge in [0.1, 0.15) is 24.5 Å². The van der Waals surface area contributed by atoms with Crippen molar-refractivity contribution in [3.8, 4) is 22.5 Å². The molecule has 0 atom stereocenters. The fourth-order valence-corrected chi connectivity index (χ4v) is 4.61. The molecule has 214 valence electrons. The van der Waals surface area contributed by atoms with Crippen LogP contribution in [0.25, 0.3) is 33.4 Å². The zero-order valence-electron chi connectivity index (χ0n) is 23.7. The van der Waals surface area contributed by atoms with E-state index in [-0.39, 0.29) is 18.1 Å². The van der Waals surface area contributed by atoms with Crippen molar-refractivity contribution < 1.29 is 33.8 Å². The highest BCUT2D eigenvalue weighted by Gasteiger charge is 2.22. The van der Waals surface area contributed by atoms with Crippen LogP contribution < -0.4 is 14.8 Å². The third-order valence-corrected chi connectivity index (χ3v) is 6.42. The van der Waals surface area contributed by atoms with E-state index in [4.69, 9.17) is 19.1 Å². The Hall–Kier alpha value is -4.92. The van der Waals surface area contributed by atoms with E-state index in [1.165, 1.54) is 6.92 Å². The number of likely N-dealkylation sites (N-methyl/N-ethyl adjacent to an activating group) is 1. The van der Waals surface area contributed by atoms with Gasteiger partial charge in [0.05, 0.1) is 11.6 Å². The van der Waals surface area contributed by atoms with Crippen molar-refractivity contribution in [3.63, 3.8) is 0 Å². The van der Waals surface area contributed by atoms with Gasteiger partial charge in [0.25, 0.3) is 5.97 Å². The summed E-state index contributed by atoms with van der Waals surface area (Å²) in [5, 5.41) is 19.1. The van der Waals surface area contributed by atoms with E-state index >= 15 is 0 Å². The van der Waals surface area contributed by atoms with Gasteiger partial charge in [-0.15, -0.1) is 0 Å². The van der Waals surface area contributed by atoms with Crippen LogP contribution in [0.4, 0.5) is 5.69 Å². The molecular weight excluding hydrogens is 524 g/mol. The van der Waals surface area contributed by atoms with Gasteiger partial charge in [-0.3, -0.25) is 9.59 Å². The average molecular weight is 560 g/mol. The van der Waals surface area contributed by atoms with Gasteiger partial charge in [0, 0.05) is 54.7 Å². The molecule has 2 aliphatic rings. The van der Waals surface area contributed by atoms with Gasteiger partial charge in [0.2, 0.25) is 5.36 Å². The Bertz CT molecular complexity index is 1620. The van der Waals surface area contributed by atoms with E-state index in [0.29, 0.717) is 30.0 Å². The fraction of sp³-hybridized carbons (Fsp3) is 0.250. The maximum absolute atomic E-state index is 12.1. The van der Waals surface area contributed by atoms with Crippen LogP contribution in [-0.2, 0) is 14.3 Å². The summed E-state index contributed by atoms with van der Waals surface area (Å²) in [6.07, 6.45) is 1.77. The largest absolute Gasteiger partial charge is 0.481 e. The molecule has 0 aromatic heterocycles. The molecular formula is C32H35N2O7+. The number of rotatable bonds is 9. The summed E-state index contributed by atoms with van der Waals surface area (Å²) in [6.45, 7) is 12.7. The Morgan fingerprint density at radius 2 is 1.71 bits per heavy atom. The van der Waals surface area contributed by atoms with E-state index in [1.54, 1.807) is 18.3 Å². The molecule has 2 aromatic carbocycles. The number of nitrogens with zero attached hydrogens (tertiary/aromatic N) is 2. The summed E-state index contributed by atoms with van der Waals surface area (Å²) in [6, 6.07) is 18.8. The second-order valence-electron chi connectivity index (χ2n) is 9.10. The van der Waals surface area contributed by atoms with Gasteiger partial charge in [-0.1, -0.05) is 24.8 Å². The molecule has 0 unspecified atom stereocenters. The predicted octanol–water partition coefficient (Wildman–Crippen LogP) is 5.32. The summed E-state index contributed by atoms with van der Waals surface area (Å²) < 4.78 is 13.7. The number of carbonyl (C=O) groups is 3. The highest BCUT2D eigenvalue weighted by molar-refractivity contribution is 6.07. The van der Waals surface area contributed by atoms with Gasteiger partial charge < -0.3 is 24.3 Å². The quantitative estimate of drug-likeness (QED) is 0.161. The minimum absolute atomic E-state index is 0.224. The second-order valence-corrected chi connectivity index (χ2v) is 9.10. The smallest absolute Gasteiger partial charge is 0.336 e. The van der Waals surface area contributed by atoms with Crippen LogP contribution in [0.2, 0.25) is 0 Å². The monoisotopic (exact) mass is 559 g/mol. The first-order valence-corrected chi connectivity index (χ1v) is 13.2. The molecule has 0 fully saturated rings.